The van der Waals surface area contributed by atoms with Crippen molar-refractivity contribution in [3.63, 3.8) is 0 Å². The fraction of sp³-hybridized carbons (Fsp3) is 0.200. The minimum Gasteiger partial charge on any atom is -0.324 e. The molecule has 0 fully saturated rings. The first-order chi connectivity index (χ1) is 14.0. The van der Waals surface area contributed by atoms with Crippen LogP contribution in [0.5, 0.6) is 0 Å². The van der Waals surface area contributed by atoms with Gasteiger partial charge in [0.05, 0.1) is 0 Å². The highest BCUT2D eigenvalue weighted by atomic mass is 16.2. The molecule has 4 rings (SSSR count). The summed E-state index contributed by atoms with van der Waals surface area (Å²) in [5, 5.41) is 2.99. The smallest absolute Gasteiger partial charge is 0.259 e. The Balaban J connectivity index is 1.61. The molecule has 0 saturated heterocycles. The highest BCUT2D eigenvalue weighted by Crippen LogP contribution is 2.34. The van der Waals surface area contributed by atoms with Crippen molar-refractivity contribution in [2.45, 2.75) is 32.2 Å². The van der Waals surface area contributed by atoms with E-state index in [2.05, 4.69) is 19.2 Å². The number of fused-ring (bicyclic) bond motifs is 1. The zero-order chi connectivity index (χ0) is 20.4. The first-order valence-electron chi connectivity index (χ1n) is 9.92. The second-order valence-corrected chi connectivity index (χ2v) is 7.66. The maximum absolute atomic E-state index is 13.2. The molecule has 1 aliphatic rings. The molecule has 1 atom stereocenters. The average molecular weight is 384 g/mol. The molecule has 3 aromatic carbocycles. The number of para-hydroxylation sites is 1. The number of nitrogens with zero attached hydrogens (tertiary/aromatic N) is 1. The molecule has 29 heavy (non-hydrogen) atoms. The summed E-state index contributed by atoms with van der Waals surface area (Å²) in [5.41, 5.74) is 4.34. The zero-order valence-corrected chi connectivity index (χ0v) is 16.6. The molecule has 3 aromatic rings. The molecule has 0 radical (unpaired) electrons. The predicted molar refractivity (Wildman–Crippen MR) is 116 cm³/mol. The molecule has 0 bridgehead atoms. The third kappa shape index (κ3) is 3.79. The molecular formula is C25H24N2O2. The van der Waals surface area contributed by atoms with Crippen molar-refractivity contribution < 1.29 is 9.59 Å². The molecule has 0 unspecified atom stereocenters. The Kier molecular flexibility index (Phi) is 5.17. The van der Waals surface area contributed by atoms with Gasteiger partial charge in [-0.3, -0.25) is 14.5 Å². The second kappa shape index (κ2) is 7.92. The van der Waals surface area contributed by atoms with Crippen LogP contribution in [-0.2, 0) is 11.2 Å². The predicted octanol–water partition coefficient (Wildman–Crippen LogP) is 5.02. The van der Waals surface area contributed by atoms with Gasteiger partial charge in [0.2, 0.25) is 5.91 Å². The molecule has 4 heteroatoms. The summed E-state index contributed by atoms with van der Waals surface area (Å²) in [5.74, 6) is 0.0942. The number of anilines is 2. The summed E-state index contributed by atoms with van der Waals surface area (Å²) in [6, 6.07) is 24.1. The summed E-state index contributed by atoms with van der Waals surface area (Å²) in [6.07, 6.45) is 0.505. The van der Waals surface area contributed by atoms with Gasteiger partial charge in [-0.05, 0) is 47.4 Å². The summed E-state index contributed by atoms with van der Waals surface area (Å²) < 4.78 is 0. The van der Waals surface area contributed by atoms with Crippen molar-refractivity contribution >= 4 is 23.2 Å². The van der Waals surface area contributed by atoms with Gasteiger partial charge in [0.15, 0.2) is 0 Å². The van der Waals surface area contributed by atoms with Crippen LogP contribution in [0.4, 0.5) is 11.4 Å². The van der Waals surface area contributed by atoms with E-state index in [1.165, 1.54) is 5.56 Å². The minimum absolute atomic E-state index is 0.161. The number of hydrogen-bond donors (Lipinski definition) is 1. The van der Waals surface area contributed by atoms with E-state index in [0.29, 0.717) is 17.9 Å². The molecule has 0 saturated carbocycles. The lowest BCUT2D eigenvalue weighted by molar-refractivity contribution is -0.117. The van der Waals surface area contributed by atoms with E-state index >= 15 is 0 Å². The Hall–Kier alpha value is -3.40. The van der Waals surface area contributed by atoms with Crippen LogP contribution in [0.2, 0.25) is 0 Å². The average Bonchev–Trinajstić information content (AvgIpc) is 3.14. The normalized spacial score (nSPS) is 15.3. The molecular weight excluding hydrogens is 360 g/mol. The van der Waals surface area contributed by atoms with Crippen LogP contribution in [0, 0.1) is 0 Å². The van der Waals surface area contributed by atoms with E-state index < -0.39 is 6.04 Å². The van der Waals surface area contributed by atoms with Gasteiger partial charge >= 0.3 is 0 Å². The SMILES string of the molecule is CC(C)c1ccc(NC(=O)[C@H]2Cc3ccccc3N2C(=O)c2ccccc2)cc1. The summed E-state index contributed by atoms with van der Waals surface area (Å²) >= 11 is 0. The quantitative estimate of drug-likeness (QED) is 0.687. The van der Waals surface area contributed by atoms with E-state index in [1.54, 1.807) is 17.0 Å². The number of rotatable bonds is 4. The van der Waals surface area contributed by atoms with Crippen LogP contribution in [0.15, 0.2) is 78.9 Å². The summed E-state index contributed by atoms with van der Waals surface area (Å²) in [4.78, 5) is 28.0. The number of carbonyl (C=O) groups is 2. The van der Waals surface area contributed by atoms with Crippen molar-refractivity contribution in [2.75, 3.05) is 10.2 Å². The standard InChI is InChI=1S/C25H24N2O2/c1-17(2)18-12-14-21(15-13-18)26-24(28)23-16-20-10-6-7-11-22(20)27(23)25(29)19-8-4-3-5-9-19/h3-15,17,23H,16H2,1-2H3,(H,26,28)/t23-/m1/s1. The van der Waals surface area contributed by atoms with Crippen LogP contribution in [0.25, 0.3) is 0 Å². The molecule has 1 N–H and O–H groups in total. The maximum Gasteiger partial charge on any atom is 0.259 e. The Morgan fingerprint density at radius 3 is 2.24 bits per heavy atom. The Labute approximate surface area is 171 Å². The van der Waals surface area contributed by atoms with E-state index in [1.807, 2.05) is 66.7 Å². The lowest BCUT2D eigenvalue weighted by Crippen LogP contribution is -2.45. The lowest BCUT2D eigenvalue weighted by Gasteiger charge is -2.25. The lowest BCUT2D eigenvalue weighted by atomic mass is 10.0. The molecule has 2 amide bonds. The van der Waals surface area contributed by atoms with E-state index in [4.69, 9.17) is 0 Å². The van der Waals surface area contributed by atoms with Crippen LogP contribution in [0.3, 0.4) is 0 Å². The minimum atomic E-state index is -0.579. The van der Waals surface area contributed by atoms with Crippen LogP contribution >= 0.6 is 0 Å². The third-order valence-electron chi connectivity index (χ3n) is 5.36. The highest BCUT2D eigenvalue weighted by molar-refractivity contribution is 6.13. The van der Waals surface area contributed by atoms with Crippen molar-refractivity contribution in [3.05, 3.63) is 95.6 Å². The number of amides is 2. The Morgan fingerprint density at radius 2 is 1.55 bits per heavy atom. The Bertz CT molecular complexity index is 1030. The molecule has 4 nitrogen and oxygen atoms in total. The monoisotopic (exact) mass is 384 g/mol. The zero-order valence-electron chi connectivity index (χ0n) is 16.6. The summed E-state index contributed by atoms with van der Waals surface area (Å²) in [7, 11) is 0. The van der Waals surface area contributed by atoms with Crippen LogP contribution < -0.4 is 10.2 Å². The number of carbonyl (C=O) groups excluding carboxylic acids is 2. The van der Waals surface area contributed by atoms with Crippen LogP contribution in [-0.4, -0.2) is 17.9 Å². The first kappa shape index (κ1) is 18.9. The largest absolute Gasteiger partial charge is 0.324 e. The van der Waals surface area contributed by atoms with Crippen molar-refractivity contribution in [1.29, 1.82) is 0 Å². The van der Waals surface area contributed by atoms with E-state index in [0.717, 1.165) is 16.9 Å². The summed E-state index contributed by atoms with van der Waals surface area (Å²) in [6.45, 7) is 4.27. The van der Waals surface area contributed by atoms with Crippen molar-refractivity contribution in [1.82, 2.24) is 0 Å². The first-order valence-corrected chi connectivity index (χ1v) is 9.92. The van der Waals surface area contributed by atoms with Gasteiger partial charge in [0.25, 0.3) is 5.91 Å². The van der Waals surface area contributed by atoms with Gasteiger partial charge < -0.3 is 5.32 Å². The Morgan fingerprint density at radius 1 is 0.897 bits per heavy atom. The number of nitrogens with one attached hydrogen (secondary N) is 1. The van der Waals surface area contributed by atoms with Gasteiger partial charge in [-0.2, -0.15) is 0 Å². The van der Waals surface area contributed by atoms with Gasteiger partial charge in [-0.1, -0.05) is 62.4 Å². The molecule has 0 aliphatic carbocycles. The highest BCUT2D eigenvalue weighted by Gasteiger charge is 2.38. The van der Waals surface area contributed by atoms with Gasteiger partial charge in [0, 0.05) is 23.4 Å². The molecule has 1 heterocycles. The number of benzene rings is 3. The van der Waals surface area contributed by atoms with Gasteiger partial charge in [0.1, 0.15) is 6.04 Å². The molecule has 146 valence electrons. The van der Waals surface area contributed by atoms with E-state index in [-0.39, 0.29) is 11.8 Å². The topological polar surface area (TPSA) is 49.4 Å². The fourth-order valence-corrected chi connectivity index (χ4v) is 3.74. The van der Waals surface area contributed by atoms with Crippen molar-refractivity contribution in [2.24, 2.45) is 0 Å². The van der Waals surface area contributed by atoms with Gasteiger partial charge in [-0.25, -0.2) is 0 Å². The van der Waals surface area contributed by atoms with Crippen molar-refractivity contribution in [3.8, 4) is 0 Å². The van der Waals surface area contributed by atoms with E-state index in [9.17, 15) is 9.59 Å². The fourth-order valence-electron chi connectivity index (χ4n) is 3.74. The third-order valence-corrected chi connectivity index (χ3v) is 5.36. The van der Waals surface area contributed by atoms with Gasteiger partial charge in [-0.15, -0.1) is 0 Å². The molecule has 1 aliphatic heterocycles. The molecule has 0 aromatic heterocycles. The maximum atomic E-state index is 13.2. The molecule has 0 spiro atoms. The number of hydrogen-bond acceptors (Lipinski definition) is 2. The van der Waals surface area contributed by atoms with Crippen LogP contribution in [0.1, 0.15) is 41.3 Å². The second-order valence-electron chi connectivity index (χ2n) is 7.66.